The Morgan fingerprint density at radius 3 is 2.91 bits per heavy atom. The molecule has 23 heavy (non-hydrogen) atoms. The SMILES string of the molecule is CC(CO)(Cn1cnc2ccccc21)NC(=O)Cc1ccco1. The highest BCUT2D eigenvalue weighted by Crippen LogP contribution is 2.16. The molecule has 1 amide bonds. The van der Waals surface area contributed by atoms with E-state index in [1.54, 1.807) is 18.5 Å². The minimum absolute atomic E-state index is 0.146. The molecule has 0 aliphatic rings. The Kier molecular flexibility index (Phi) is 4.16. The molecule has 6 nitrogen and oxygen atoms in total. The lowest BCUT2D eigenvalue weighted by Gasteiger charge is -2.29. The number of carbonyl (C=O) groups is 1. The number of furan rings is 1. The van der Waals surface area contributed by atoms with Gasteiger partial charge in [0.25, 0.3) is 0 Å². The van der Waals surface area contributed by atoms with Crippen molar-refractivity contribution in [3.8, 4) is 0 Å². The molecule has 1 atom stereocenters. The van der Waals surface area contributed by atoms with Crippen LogP contribution in [0.25, 0.3) is 11.0 Å². The molecule has 0 saturated heterocycles. The van der Waals surface area contributed by atoms with Gasteiger partial charge in [-0.1, -0.05) is 12.1 Å². The zero-order valence-corrected chi connectivity index (χ0v) is 12.9. The Bertz CT molecular complexity index is 794. The number of rotatable bonds is 6. The van der Waals surface area contributed by atoms with Crippen LogP contribution in [0.5, 0.6) is 0 Å². The predicted molar refractivity (Wildman–Crippen MR) is 85.8 cm³/mol. The third kappa shape index (κ3) is 3.43. The Balaban J connectivity index is 1.73. The minimum Gasteiger partial charge on any atom is -0.469 e. The zero-order valence-electron chi connectivity index (χ0n) is 12.9. The van der Waals surface area contributed by atoms with Crippen LogP contribution in [0.4, 0.5) is 0 Å². The van der Waals surface area contributed by atoms with Gasteiger partial charge in [0.15, 0.2) is 0 Å². The summed E-state index contributed by atoms with van der Waals surface area (Å²) in [6.45, 7) is 2.05. The number of amides is 1. The molecule has 1 aromatic carbocycles. The summed E-state index contributed by atoms with van der Waals surface area (Å²) < 4.78 is 7.11. The Morgan fingerprint density at radius 2 is 2.17 bits per heavy atom. The number of benzene rings is 1. The third-order valence-electron chi connectivity index (χ3n) is 3.75. The first-order valence-corrected chi connectivity index (χ1v) is 7.44. The van der Waals surface area contributed by atoms with E-state index in [9.17, 15) is 9.90 Å². The topological polar surface area (TPSA) is 80.3 Å². The highest BCUT2D eigenvalue weighted by Gasteiger charge is 2.27. The van der Waals surface area contributed by atoms with Crippen LogP contribution in [0.1, 0.15) is 12.7 Å². The van der Waals surface area contributed by atoms with Crippen molar-refractivity contribution < 1.29 is 14.3 Å². The van der Waals surface area contributed by atoms with Crippen molar-refractivity contribution >= 4 is 16.9 Å². The molecule has 2 N–H and O–H groups in total. The summed E-state index contributed by atoms with van der Waals surface area (Å²) in [6.07, 6.45) is 3.40. The molecule has 120 valence electrons. The van der Waals surface area contributed by atoms with Gasteiger partial charge in [-0.05, 0) is 31.2 Å². The predicted octanol–water partition coefficient (Wildman–Crippen LogP) is 1.74. The summed E-state index contributed by atoms with van der Waals surface area (Å²) in [4.78, 5) is 16.5. The first-order chi connectivity index (χ1) is 11.1. The molecule has 0 aliphatic carbocycles. The van der Waals surface area contributed by atoms with Crippen LogP contribution >= 0.6 is 0 Å². The number of hydrogen-bond donors (Lipinski definition) is 2. The monoisotopic (exact) mass is 313 g/mol. The smallest absolute Gasteiger partial charge is 0.228 e. The van der Waals surface area contributed by atoms with Crippen molar-refractivity contribution in [3.05, 3.63) is 54.7 Å². The number of para-hydroxylation sites is 2. The second-order valence-corrected chi connectivity index (χ2v) is 5.88. The van der Waals surface area contributed by atoms with Gasteiger partial charge in [0, 0.05) is 6.54 Å². The van der Waals surface area contributed by atoms with Crippen LogP contribution < -0.4 is 5.32 Å². The van der Waals surface area contributed by atoms with Gasteiger partial charge in [-0.2, -0.15) is 0 Å². The van der Waals surface area contributed by atoms with Crippen molar-refractivity contribution in [1.82, 2.24) is 14.9 Å². The summed E-state index contributed by atoms with van der Waals surface area (Å²) in [6, 6.07) is 11.2. The number of fused-ring (bicyclic) bond motifs is 1. The maximum atomic E-state index is 12.2. The van der Waals surface area contributed by atoms with Gasteiger partial charge in [0.1, 0.15) is 5.76 Å². The largest absolute Gasteiger partial charge is 0.469 e. The number of aromatic nitrogens is 2. The van der Waals surface area contributed by atoms with E-state index in [1.165, 1.54) is 6.26 Å². The van der Waals surface area contributed by atoms with Crippen molar-refractivity contribution in [3.63, 3.8) is 0 Å². The third-order valence-corrected chi connectivity index (χ3v) is 3.75. The standard InChI is InChI=1S/C17H19N3O3/c1-17(11-21,19-16(22)9-13-5-4-8-23-13)10-20-12-18-14-6-2-3-7-15(14)20/h2-8,12,21H,9-11H2,1H3,(H,19,22). The normalized spacial score (nSPS) is 13.8. The molecule has 2 heterocycles. The number of imidazole rings is 1. The summed E-state index contributed by atoms with van der Waals surface area (Å²) in [5.41, 5.74) is 1.06. The van der Waals surface area contributed by atoms with Crippen LogP contribution in [-0.2, 0) is 17.8 Å². The molecule has 0 radical (unpaired) electrons. The molecule has 0 saturated carbocycles. The lowest BCUT2D eigenvalue weighted by molar-refractivity contribution is -0.123. The highest BCUT2D eigenvalue weighted by atomic mass is 16.3. The average molecular weight is 313 g/mol. The molecule has 0 spiro atoms. The molecule has 0 aliphatic heterocycles. The number of nitrogens with one attached hydrogen (secondary N) is 1. The second kappa shape index (κ2) is 6.26. The van der Waals surface area contributed by atoms with Gasteiger partial charge in [-0.3, -0.25) is 4.79 Å². The van der Waals surface area contributed by atoms with Crippen molar-refractivity contribution in [2.45, 2.75) is 25.4 Å². The maximum absolute atomic E-state index is 12.2. The quantitative estimate of drug-likeness (QED) is 0.726. The summed E-state index contributed by atoms with van der Waals surface area (Å²) in [5, 5.41) is 12.6. The van der Waals surface area contributed by atoms with Gasteiger partial charge in [-0.15, -0.1) is 0 Å². The fraction of sp³-hybridized carbons (Fsp3) is 0.294. The van der Waals surface area contributed by atoms with E-state index in [-0.39, 0.29) is 18.9 Å². The number of hydrogen-bond acceptors (Lipinski definition) is 4. The molecule has 1 unspecified atom stereocenters. The van der Waals surface area contributed by atoms with E-state index in [0.717, 1.165) is 11.0 Å². The summed E-state index contributed by atoms with van der Waals surface area (Å²) >= 11 is 0. The molecular formula is C17H19N3O3. The van der Waals surface area contributed by atoms with Crippen molar-refractivity contribution in [2.75, 3.05) is 6.61 Å². The second-order valence-electron chi connectivity index (χ2n) is 5.88. The molecule has 2 aromatic heterocycles. The fourth-order valence-electron chi connectivity index (χ4n) is 2.59. The number of aliphatic hydroxyl groups is 1. The fourth-order valence-corrected chi connectivity index (χ4v) is 2.59. The van der Waals surface area contributed by atoms with Gasteiger partial charge >= 0.3 is 0 Å². The minimum atomic E-state index is -0.785. The highest BCUT2D eigenvalue weighted by molar-refractivity contribution is 5.79. The molecule has 6 heteroatoms. The van der Waals surface area contributed by atoms with Crippen LogP contribution in [0, 0.1) is 0 Å². The molecule has 0 fully saturated rings. The van der Waals surface area contributed by atoms with Crippen LogP contribution in [0.15, 0.2) is 53.4 Å². The molecule has 3 rings (SSSR count). The van der Waals surface area contributed by atoms with Crippen LogP contribution in [-0.4, -0.2) is 32.7 Å². The molecular weight excluding hydrogens is 294 g/mol. The first kappa shape index (κ1) is 15.3. The van der Waals surface area contributed by atoms with Gasteiger partial charge in [0.2, 0.25) is 5.91 Å². The number of carbonyl (C=O) groups excluding carboxylic acids is 1. The van der Waals surface area contributed by atoms with Gasteiger partial charge < -0.3 is 19.4 Å². The Hall–Kier alpha value is -2.60. The van der Waals surface area contributed by atoms with Crippen LogP contribution in [0.2, 0.25) is 0 Å². The first-order valence-electron chi connectivity index (χ1n) is 7.44. The van der Waals surface area contributed by atoms with E-state index >= 15 is 0 Å². The lowest BCUT2D eigenvalue weighted by atomic mass is 10.0. The van der Waals surface area contributed by atoms with Gasteiger partial charge in [0.05, 0.1) is 42.2 Å². The summed E-state index contributed by atoms with van der Waals surface area (Å²) in [7, 11) is 0. The summed E-state index contributed by atoms with van der Waals surface area (Å²) in [5.74, 6) is 0.400. The van der Waals surface area contributed by atoms with E-state index in [1.807, 2.05) is 35.8 Å². The zero-order chi connectivity index (χ0) is 16.3. The number of aliphatic hydroxyl groups excluding tert-OH is 1. The van der Waals surface area contributed by atoms with Crippen molar-refractivity contribution in [1.29, 1.82) is 0 Å². The maximum Gasteiger partial charge on any atom is 0.228 e. The Labute approximate surface area is 133 Å². The van der Waals surface area contributed by atoms with E-state index in [2.05, 4.69) is 10.3 Å². The number of nitrogens with zero attached hydrogens (tertiary/aromatic N) is 2. The van der Waals surface area contributed by atoms with Crippen molar-refractivity contribution in [2.24, 2.45) is 0 Å². The van der Waals surface area contributed by atoms with E-state index in [0.29, 0.717) is 12.3 Å². The van der Waals surface area contributed by atoms with Gasteiger partial charge in [-0.25, -0.2) is 4.98 Å². The Morgan fingerprint density at radius 1 is 1.35 bits per heavy atom. The lowest BCUT2D eigenvalue weighted by Crippen LogP contribution is -2.52. The average Bonchev–Trinajstić information content (AvgIpc) is 3.17. The molecule has 3 aromatic rings. The van der Waals surface area contributed by atoms with E-state index in [4.69, 9.17) is 4.42 Å². The molecule has 0 bridgehead atoms. The van der Waals surface area contributed by atoms with E-state index < -0.39 is 5.54 Å². The van der Waals surface area contributed by atoms with Crippen LogP contribution in [0.3, 0.4) is 0 Å².